The number of hydrazone groups is 1. The summed E-state index contributed by atoms with van der Waals surface area (Å²) in [5, 5.41) is 11.3. The lowest BCUT2D eigenvalue weighted by molar-refractivity contribution is 0.0955. The first-order chi connectivity index (χ1) is 16.2. The summed E-state index contributed by atoms with van der Waals surface area (Å²) in [6, 6.07) is 24.2. The second kappa shape index (κ2) is 11.7. The normalized spacial score (nSPS) is 14.2. The van der Waals surface area contributed by atoms with Gasteiger partial charge in [-0.1, -0.05) is 77.7 Å². The number of rotatable bonds is 8. The molecule has 33 heavy (non-hydrogen) atoms. The van der Waals surface area contributed by atoms with Gasteiger partial charge < -0.3 is 10.6 Å². The number of carbonyl (C=O) groups is 1. The minimum atomic E-state index is -0.240. The Bertz CT molecular complexity index is 1080. The van der Waals surface area contributed by atoms with E-state index in [-0.39, 0.29) is 5.91 Å². The van der Waals surface area contributed by atoms with E-state index in [4.69, 9.17) is 0 Å². The molecule has 1 aliphatic carbocycles. The maximum absolute atomic E-state index is 12.7. The number of amides is 1. The number of nitrogens with one attached hydrogen (secondary N) is 3. The van der Waals surface area contributed by atoms with Gasteiger partial charge in [0.1, 0.15) is 0 Å². The van der Waals surface area contributed by atoms with Crippen molar-refractivity contribution in [2.24, 2.45) is 5.10 Å². The number of benzene rings is 3. The highest BCUT2D eigenvalue weighted by Crippen LogP contribution is 2.28. The summed E-state index contributed by atoms with van der Waals surface area (Å²) in [4.78, 5) is 12.7. The van der Waals surface area contributed by atoms with Crippen LogP contribution in [0.2, 0.25) is 0 Å². The molecule has 170 valence electrons. The van der Waals surface area contributed by atoms with Gasteiger partial charge in [-0.3, -0.25) is 4.79 Å². The van der Waals surface area contributed by atoms with Gasteiger partial charge in [0.25, 0.3) is 5.91 Å². The van der Waals surface area contributed by atoms with Gasteiger partial charge in [0.15, 0.2) is 0 Å². The molecule has 0 aliphatic heterocycles. The van der Waals surface area contributed by atoms with Crippen LogP contribution in [0.1, 0.15) is 53.6 Å². The lowest BCUT2D eigenvalue weighted by Gasteiger charge is -2.25. The van der Waals surface area contributed by atoms with Gasteiger partial charge in [-0.25, -0.2) is 5.43 Å². The Kier molecular flexibility index (Phi) is 8.14. The summed E-state index contributed by atoms with van der Waals surface area (Å²) in [6.45, 7) is 0.687. The Balaban J connectivity index is 1.47. The largest absolute Gasteiger partial charge is 0.381 e. The van der Waals surface area contributed by atoms with Crippen molar-refractivity contribution in [3.8, 4) is 0 Å². The van der Waals surface area contributed by atoms with Gasteiger partial charge in [0.05, 0.1) is 17.6 Å². The molecular formula is C27H29BrN4O. The second-order valence-corrected chi connectivity index (χ2v) is 9.25. The maximum Gasteiger partial charge on any atom is 0.271 e. The highest BCUT2D eigenvalue weighted by molar-refractivity contribution is 9.10. The van der Waals surface area contributed by atoms with Crippen LogP contribution >= 0.6 is 15.9 Å². The standard InChI is InChI=1S/C27H29BrN4O/c28-23-14-11-21(12-15-23)19-30-32-27(33)22-13-16-25(31-24-9-5-2-6-10-24)26(17-22)29-18-20-7-3-1-4-8-20/h1,3-4,7-8,11-17,19,24,29,31H,2,5-6,9-10,18H2,(H,32,33)/b30-19+. The average Bonchev–Trinajstić information content (AvgIpc) is 2.86. The number of hydrogen-bond acceptors (Lipinski definition) is 4. The predicted molar refractivity (Wildman–Crippen MR) is 140 cm³/mol. The van der Waals surface area contributed by atoms with Gasteiger partial charge in [-0.15, -0.1) is 0 Å². The number of anilines is 2. The van der Waals surface area contributed by atoms with E-state index in [2.05, 4.69) is 49.2 Å². The summed E-state index contributed by atoms with van der Waals surface area (Å²) < 4.78 is 1.00. The third-order valence-corrected chi connectivity index (χ3v) is 6.35. The van der Waals surface area contributed by atoms with Crippen LogP contribution in [0, 0.1) is 0 Å². The van der Waals surface area contributed by atoms with Crippen LogP contribution in [0.15, 0.2) is 82.4 Å². The van der Waals surface area contributed by atoms with Gasteiger partial charge in [-0.2, -0.15) is 5.10 Å². The fraction of sp³-hybridized carbons (Fsp3) is 0.259. The molecule has 0 aromatic heterocycles. The topological polar surface area (TPSA) is 65.5 Å². The molecule has 0 radical (unpaired) electrons. The quantitative estimate of drug-likeness (QED) is 0.240. The summed E-state index contributed by atoms with van der Waals surface area (Å²) in [5.74, 6) is -0.240. The van der Waals surface area contributed by atoms with E-state index in [1.807, 2.05) is 60.7 Å². The fourth-order valence-corrected chi connectivity index (χ4v) is 4.26. The first-order valence-electron chi connectivity index (χ1n) is 11.4. The Morgan fingerprint density at radius 3 is 2.45 bits per heavy atom. The highest BCUT2D eigenvalue weighted by Gasteiger charge is 2.16. The van der Waals surface area contributed by atoms with Crippen LogP contribution < -0.4 is 16.1 Å². The van der Waals surface area contributed by atoms with Crippen molar-refractivity contribution in [2.75, 3.05) is 10.6 Å². The molecule has 0 bridgehead atoms. The first kappa shape index (κ1) is 23.1. The van der Waals surface area contributed by atoms with Crippen molar-refractivity contribution >= 4 is 39.4 Å². The van der Waals surface area contributed by atoms with Crippen LogP contribution in [0.3, 0.4) is 0 Å². The van der Waals surface area contributed by atoms with E-state index in [0.29, 0.717) is 18.2 Å². The third-order valence-electron chi connectivity index (χ3n) is 5.82. The highest BCUT2D eigenvalue weighted by atomic mass is 79.9. The van der Waals surface area contributed by atoms with E-state index in [9.17, 15) is 4.79 Å². The van der Waals surface area contributed by atoms with Crippen molar-refractivity contribution in [3.05, 3.63) is 94.0 Å². The zero-order valence-electron chi connectivity index (χ0n) is 18.6. The SMILES string of the molecule is O=C(N/N=C/c1ccc(Br)cc1)c1ccc(NC2CCCCC2)c(NCc2ccccc2)c1. The number of nitrogens with zero attached hydrogens (tertiary/aromatic N) is 1. The minimum Gasteiger partial charge on any atom is -0.381 e. The zero-order valence-corrected chi connectivity index (χ0v) is 20.1. The Labute approximate surface area is 203 Å². The third kappa shape index (κ3) is 6.93. The number of carbonyl (C=O) groups excluding carboxylic acids is 1. The molecule has 4 rings (SSSR count). The van der Waals surface area contributed by atoms with Crippen molar-refractivity contribution in [2.45, 2.75) is 44.7 Å². The van der Waals surface area contributed by atoms with Crippen LogP contribution in [0.5, 0.6) is 0 Å². The fourth-order valence-electron chi connectivity index (χ4n) is 4.00. The Hall–Kier alpha value is -3.12. The lowest BCUT2D eigenvalue weighted by atomic mass is 9.95. The van der Waals surface area contributed by atoms with Gasteiger partial charge >= 0.3 is 0 Å². The summed E-state index contributed by atoms with van der Waals surface area (Å²) in [6.07, 6.45) is 7.86. The monoisotopic (exact) mass is 504 g/mol. The predicted octanol–water partition coefficient (Wildman–Crippen LogP) is 6.57. The molecule has 1 aliphatic rings. The molecular weight excluding hydrogens is 476 g/mol. The maximum atomic E-state index is 12.7. The first-order valence-corrected chi connectivity index (χ1v) is 12.2. The van der Waals surface area contributed by atoms with Crippen LogP contribution in [0.25, 0.3) is 0 Å². The Morgan fingerprint density at radius 1 is 0.939 bits per heavy atom. The van der Waals surface area contributed by atoms with Crippen LogP contribution in [0.4, 0.5) is 11.4 Å². The molecule has 0 saturated heterocycles. The molecule has 6 heteroatoms. The van der Waals surface area contributed by atoms with E-state index >= 15 is 0 Å². The molecule has 3 aromatic rings. The van der Waals surface area contributed by atoms with Gasteiger partial charge in [-0.05, 0) is 54.3 Å². The Morgan fingerprint density at radius 2 is 1.70 bits per heavy atom. The summed E-state index contributed by atoms with van der Waals surface area (Å²) >= 11 is 3.41. The van der Waals surface area contributed by atoms with E-state index in [0.717, 1.165) is 21.4 Å². The second-order valence-electron chi connectivity index (χ2n) is 8.33. The van der Waals surface area contributed by atoms with Crippen molar-refractivity contribution < 1.29 is 4.79 Å². The molecule has 3 aromatic carbocycles. The molecule has 1 fully saturated rings. The summed E-state index contributed by atoms with van der Waals surface area (Å²) in [7, 11) is 0. The van der Waals surface area contributed by atoms with E-state index < -0.39 is 0 Å². The number of halogens is 1. The molecule has 1 saturated carbocycles. The zero-order chi connectivity index (χ0) is 22.9. The summed E-state index contributed by atoms with van der Waals surface area (Å²) in [5.41, 5.74) is 7.26. The van der Waals surface area contributed by atoms with Crippen LogP contribution in [-0.4, -0.2) is 18.2 Å². The lowest BCUT2D eigenvalue weighted by Crippen LogP contribution is -2.23. The van der Waals surface area contributed by atoms with Crippen molar-refractivity contribution in [1.82, 2.24) is 5.43 Å². The molecule has 1 amide bonds. The molecule has 0 atom stereocenters. The smallest absolute Gasteiger partial charge is 0.271 e. The molecule has 0 heterocycles. The molecule has 0 unspecified atom stereocenters. The minimum absolute atomic E-state index is 0.240. The average molecular weight is 505 g/mol. The van der Waals surface area contributed by atoms with Crippen molar-refractivity contribution in [3.63, 3.8) is 0 Å². The van der Waals surface area contributed by atoms with E-state index in [1.165, 1.54) is 37.7 Å². The molecule has 5 nitrogen and oxygen atoms in total. The van der Waals surface area contributed by atoms with Crippen molar-refractivity contribution in [1.29, 1.82) is 0 Å². The van der Waals surface area contributed by atoms with E-state index in [1.54, 1.807) is 6.21 Å². The van der Waals surface area contributed by atoms with Crippen LogP contribution in [-0.2, 0) is 6.54 Å². The van der Waals surface area contributed by atoms with Gasteiger partial charge in [0.2, 0.25) is 0 Å². The number of hydrogen-bond donors (Lipinski definition) is 3. The van der Waals surface area contributed by atoms with Gasteiger partial charge in [0, 0.05) is 22.6 Å². The molecule has 3 N–H and O–H groups in total. The molecule has 0 spiro atoms.